The third-order valence-corrected chi connectivity index (χ3v) is 4.77. The van der Waals surface area contributed by atoms with E-state index < -0.39 is 6.10 Å². The monoisotopic (exact) mass is 334 g/mol. The Labute approximate surface area is 136 Å². The second kappa shape index (κ2) is 6.12. The van der Waals surface area contributed by atoms with Gasteiger partial charge in [0.25, 0.3) is 5.91 Å². The van der Waals surface area contributed by atoms with Gasteiger partial charge in [0.05, 0.1) is 15.3 Å². The first-order chi connectivity index (χ1) is 10.6. The summed E-state index contributed by atoms with van der Waals surface area (Å²) in [7, 11) is 1.94. The van der Waals surface area contributed by atoms with Crippen LogP contribution in [0.5, 0.6) is 0 Å². The van der Waals surface area contributed by atoms with Crippen LogP contribution in [-0.2, 0) is 7.05 Å². The molecule has 2 heterocycles. The van der Waals surface area contributed by atoms with Crippen molar-refractivity contribution < 1.29 is 9.90 Å². The highest BCUT2D eigenvalue weighted by atomic mass is 35.5. The van der Waals surface area contributed by atoms with E-state index >= 15 is 0 Å². The molecule has 0 spiro atoms. The number of hydrogen-bond acceptors (Lipinski definition) is 3. The first kappa shape index (κ1) is 15.1. The Kier molecular flexibility index (Phi) is 4.20. The predicted octanol–water partition coefficient (Wildman–Crippen LogP) is 3.36. The van der Waals surface area contributed by atoms with E-state index in [9.17, 15) is 9.90 Å². The lowest BCUT2D eigenvalue weighted by molar-refractivity contribution is 0.0921. The molecule has 3 rings (SSSR count). The number of fused-ring (bicyclic) bond motifs is 1. The number of para-hydroxylation sites is 1. The number of amides is 1. The Balaban J connectivity index is 1.74. The summed E-state index contributed by atoms with van der Waals surface area (Å²) in [5.74, 6) is -0.226. The molecule has 1 aromatic carbocycles. The molecule has 0 radical (unpaired) electrons. The van der Waals surface area contributed by atoms with Gasteiger partial charge in [-0.25, -0.2) is 0 Å². The number of nitrogens with one attached hydrogen (secondary N) is 1. The van der Waals surface area contributed by atoms with Crippen LogP contribution in [0.3, 0.4) is 0 Å². The van der Waals surface area contributed by atoms with E-state index in [0.717, 1.165) is 16.5 Å². The fraction of sp³-hybridized carbons (Fsp3) is 0.188. The number of benzene rings is 1. The first-order valence-electron chi connectivity index (χ1n) is 6.82. The molecule has 0 aliphatic carbocycles. The third-order valence-electron chi connectivity index (χ3n) is 3.54. The van der Waals surface area contributed by atoms with Crippen LogP contribution in [-0.4, -0.2) is 22.1 Å². The summed E-state index contributed by atoms with van der Waals surface area (Å²) in [5.41, 5.74) is 1.86. The van der Waals surface area contributed by atoms with E-state index in [0.29, 0.717) is 9.21 Å². The molecule has 0 saturated carbocycles. The second-order valence-corrected chi connectivity index (χ2v) is 6.76. The van der Waals surface area contributed by atoms with Crippen molar-refractivity contribution in [3.63, 3.8) is 0 Å². The van der Waals surface area contributed by atoms with Gasteiger partial charge in [-0.3, -0.25) is 4.79 Å². The van der Waals surface area contributed by atoms with Crippen LogP contribution in [0.1, 0.15) is 21.3 Å². The van der Waals surface area contributed by atoms with Crippen LogP contribution in [0, 0.1) is 0 Å². The molecule has 0 fully saturated rings. The lowest BCUT2D eigenvalue weighted by Gasteiger charge is -2.10. The van der Waals surface area contributed by atoms with E-state index in [-0.39, 0.29) is 12.5 Å². The van der Waals surface area contributed by atoms with Crippen molar-refractivity contribution in [1.29, 1.82) is 0 Å². The van der Waals surface area contributed by atoms with Crippen molar-refractivity contribution in [1.82, 2.24) is 9.88 Å². The molecule has 22 heavy (non-hydrogen) atoms. The highest BCUT2D eigenvalue weighted by molar-refractivity contribution is 7.17. The third kappa shape index (κ3) is 2.88. The molecule has 1 atom stereocenters. The maximum absolute atomic E-state index is 12.0. The van der Waals surface area contributed by atoms with Crippen molar-refractivity contribution in [2.45, 2.75) is 6.10 Å². The molecule has 2 aromatic heterocycles. The van der Waals surface area contributed by atoms with Crippen molar-refractivity contribution in [3.8, 4) is 0 Å². The highest BCUT2D eigenvalue weighted by Crippen LogP contribution is 2.26. The Morgan fingerprint density at radius 2 is 2.14 bits per heavy atom. The van der Waals surface area contributed by atoms with Gasteiger partial charge in [-0.15, -0.1) is 11.3 Å². The Morgan fingerprint density at radius 1 is 1.36 bits per heavy atom. The van der Waals surface area contributed by atoms with E-state index in [1.807, 2.05) is 42.1 Å². The number of carbonyl (C=O) groups excluding carboxylic acids is 1. The van der Waals surface area contributed by atoms with Crippen LogP contribution >= 0.6 is 22.9 Å². The molecule has 2 N–H and O–H groups in total. The predicted molar refractivity (Wildman–Crippen MR) is 89.5 cm³/mol. The molecular formula is C16H15ClN2O2S. The summed E-state index contributed by atoms with van der Waals surface area (Å²) < 4.78 is 2.54. The first-order valence-corrected chi connectivity index (χ1v) is 8.01. The minimum Gasteiger partial charge on any atom is -0.386 e. The smallest absolute Gasteiger partial charge is 0.261 e. The average molecular weight is 335 g/mol. The minimum atomic E-state index is -0.759. The zero-order valence-electron chi connectivity index (χ0n) is 11.9. The molecular weight excluding hydrogens is 320 g/mol. The van der Waals surface area contributed by atoms with Gasteiger partial charge in [0.2, 0.25) is 0 Å². The normalized spacial score (nSPS) is 12.5. The number of rotatable bonds is 4. The van der Waals surface area contributed by atoms with Crippen LogP contribution in [0.4, 0.5) is 0 Å². The molecule has 0 aliphatic heterocycles. The number of hydrogen-bond donors (Lipinski definition) is 2. The van der Waals surface area contributed by atoms with E-state index in [4.69, 9.17) is 11.6 Å². The van der Waals surface area contributed by atoms with E-state index in [2.05, 4.69) is 5.32 Å². The number of aliphatic hydroxyl groups is 1. The van der Waals surface area contributed by atoms with Gasteiger partial charge < -0.3 is 15.0 Å². The van der Waals surface area contributed by atoms with E-state index in [1.54, 1.807) is 12.1 Å². The lowest BCUT2D eigenvalue weighted by atomic mass is 10.1. The molecule has 6 heteroatoms. The SMILES string of the molecule is Cn1cc(C(O)CNC(=O)c2ccc(Cl)s2)c2ccccc21. The number of thiophene rings is 1. The Bertz CT molecular complexity index is 825. The minimum absolute atomic E-state index is 0.155. The summed E-state index contributed by atoms with van der Waals surface area (Å²) in [4.78, 5) is 12.5. The van der Waals surface area contributed by atoms with Crippen LogP contribution < -0.4 is 5.32 Å². The van der Waals surface area contributed by atoms with Gasteiger partial charge in [0.15, 0.2) is 0 Å². The lowest BCUT2D eigenvalue weighted by Crippen LogP contribution is -2.27. The number of aryl methyl sites for hydroxylation is 1. The fourth-order valence-corrected chi connectivity index (χ4v) is 3.42. The summed E-state index contributed by atoms with van der Waals surface area (Å²) in [5, 5.41) is 14.1. The molecule has 1 amide bonds. The molecule has 4 nitrogen and oxygen atoms in total. The number of carbonyl (C=O) groups is 1. The number of nitrogens with zero attached hydrogens (tertiary/aromatic N) is 1. The number of halogens is 1. The van der Waals surface area contributed by atoms with Crippen molar-refractivity contribution in [2.24, 2.45) is 7.05 Å². The van der Waals surface area contributed by atoms with Gasteiger partial charge in [0.1, 0.15) is 0 Å². The average Bonchev–Trinajstić information content (AvgIpc) is 3.09. The maximum atomic E-state index is 12.0. The quantitative estimate of drug-likeness (QED) is 0.768. The Morgan fingerprint density at radius 3 is 2.86 bits per heavy atom. The van der Waals surface area contributed by atoms with Crippen molar-refractivity contribution in [2.75, 3.05) is 6.54 Å². The fourth-order valence-electron chi connectivity index (χ4n) is 2.46. The standard InChI is InChI=1S/C16H15ClN2O2S/c1-19-9-11(10-4-2-3-5-12(10)19)13(20)8-18-16(21)14-6-7-15(17)22-14/h2-7,9,13,20H,8H2,1H3,(H,18,21). The number of aromatic nitrogens is 1. The molecule has 1 unspecified atom stereocenters. The summed E-state index contributed by atoms with van der Waals surface area (Å²) in [6.45, 7) is 0.155. The van der Waals surface area contributed by atoms with Gasteiger partial charge in [-0.2, -0.15) is 0 Å². The Hall–Kier alpha value is -1.82. The molecule has 114 valence electrons. The summed E-state index contributed by atoms with van der Waals surface area (Å²) >= 11 is 7.04. The molecule has 0 aliphatic rings. The van der Waals surface area contributed by atoms with Gasteiger partial charge >= 0.3 is 0 Å². The second-order valence-electron chi connectivity index (χ2n) is 5.04. The maximum Gasteiger partial charge on any atom is 0.261 e. The largest absolute Gasteiger partial charge is 0.386 e. The topological polar surface area (TPSA) is 54.3 Å². The number of aliphatic hydroxyl groups excluding tert-OH is 1. The van der Waals surface area contributed by atoms with Crippen molar-refractivity contribution >= 4 is 39.7 Å². The molecule has 3 aromatic rings. The summed E-state index contributed by atoms with van der Waals surface area (Å²) in [6, 6.07) is 11.2. The van der Waals surface area contributed by atoms with Gasteiger partial charge in [0, 0.05) is 36.3 Å². The van der Waals surface area contributed by atoms with E-state index in [1.165, 1.54) is 11.3 Å². The van der Waals surface area contributed by atoms with Crippen LogP contribution in [0.2, 0.25) is 4.34 Å². The highest BCUT2D eigenvalue weighted by Gasteiger charge is 2.16. The van der Waals surface area contributed by atoms with Crippen LogP contribution in [0.25, 0.3) is 10.9 Å². The van der Waals surface area contributed by atoms with Gasteiger partial charge in [-0.1, -0.05) is 29.8 Å². The zero-order chi connectivity index (χ0) is 15.7. The van der Waals surface area contributed by atoms with Gasteiger partial charge in [-0.05, 0) is 18.2 Å². The van der Waals surface area contributed by atoms with Crippen molar-refractivity contribution in [3.05, 3.63) is 57.4 Å². The summed E-state index contributed by atoms with van der Waals surface area (Å²) in [6.07, 6.45) is 1.13. The zero-order valence-corrected chi connectivity index (χ0v) is 13.5. The molecule has 0 bridgehead atoms. The van der Waals surface area contributed by atoms with Crippen LogP contribution in [0.15, 0.2) is 42.6 Å². The molecule has 0 saturated heterocycles.